The fraction of sp³-hybridized carbons (Fsp3) is 0.435. The van der Waals surface area contributed by atoms with Gasteiger partial charge in [0.05, 0.1) is 13.1 Å². The number of carbonyl (C=O) groups is 1. The smallest absolute Gasteiger partial charge is 0.450 e. The van der Waals surface area contributed by atoms with Crippen molar-refractivity contribution in [2.24, 2.45) is 0 Å². The van der Waals surface area contributed by atoms with Gasteiger partial charge in [-0.3, -0.25) is 4.48 Å². The van der Waals surface area contributed by atoms with Crippen molar-refractivity contribution in [1.82, 2.24) is 0 Å². The average Bonchev–Trinajstić information content (AvgIpc) is 3.27. The van der Waals surface area contributed by atoms with E-state index < -0.39 is 17.4 Å². The minimum atomic E-state index is -1.15. The molecule has 1 unspecified atom stereocenters. The van der Waals surface area contributed by atoms with Crippen LogP contribution in [-0.4, -0.2) is 34.6 Å². The van der Waals surface area contributed by atoms with Crippen LogP contribution in [0.5, 0.6) is 0 Å². The molecule has 1 spiro atoms. The summed E-state index contributed by atoms with van der Waals surface area (Å²) in [5, 5.41) is 9.72. The molecule has 5 rings (SSSR count). The lowest BCUT2D eigenvalue weighted by molar-refractivity contribution is -0.871. The molecule has 3 aliphatic rings. The van der Waals surface area contributed by atoms with Crippen LogP contribution in [-0.2, 0) is 23.1 Å². The van der Waals surface area contributed by atoms with Crippen LogP contribution in [0.1, 0.15) is 48.4 Å². The predicted octanol–water partition coefficient (Wildman–Crippen LogP) is 4.45. The summed E-state index contributed by atoms with van der Waals surface area (Å²) in [5.74, 6) is 0. The van der Waals surface area contributed by atoms with Gasteiger partial charge in [-0.05, 0) is 43.7 Å². The highest BCUT2D eigenvalue weighted by Crippen LogP contribution is 2.74. The maximum absolute atomic E-state index is 11.9. The minimum Gasteiger partial charge on any atom is -0.450 e. The van der Waals surface area contributed by atoms with Crippen molar-refractivity contribution in [3.63, 3.8) is 0 Å². The van der Waals surface area contributed by atoms with Crippen LogP contribution in [0.3, 0.4) is 0 Å². The highest BCUT2D eigenvalue weighted by Gasteiger charge is 2.95. The number of aryl methyl sites for hydroxylation is 2. The zero-order chi connectivity index (χ0) is 18.7. The first-order chi connectivity index (χ1) is 13.1. The number of fused-ring (bicyclic) bond motifs is 7. The summed E-state index contributed by atoms with van der Waals surface area (Å²) >= 11 is 0. The molecule has 2 aromatic carbocycles. The van der Waals surface area contributed by atoms with E-state index in [9.17, 15) is 9.90 Å². The molecule has 140 valence electrons. The zero-order valence-electron chi connectivity index (χ0n) is 15.8. The molecule has 2 heterocycles. The standard InChI is InChI=1S/C23H25NO3/c1-2-24-16-8-7-15-22(24,27-21(25)26)23(24)19-11-5-3-9-17(19)13-14-18-10-4-6-12-20(18)23/h3-6,9-12H,2,7-8,13-16H2,1H3/p+1/t22?,24-/m0/s1. The van der Waals surface area contributed by atoms with Crippen LogP contribution >= 0.6 is 0 Å². The van der Waals surface area contributed by atoms with Gasteiger partial charge in [0.1, 0.15) is 0 Å². The normalized spacial score (nSPS) is 29.8. The van der Waals surface area contributed by atoms with Gasteiger partial charge in [0.25, 0.3) is 0 Å². The Balaban J connectivity index is 1.88. The van der Waals surface area contributed by atoms with Gasteiger partial charge in [0.2, 0.25) is 5.54 Å². The molecule has 0 bridgehead atoms. The molecule has 1 aliphatic carbocycles. The molecular weight excluding hydrogens is 338 g/mol. The SMILES string of the molecule is CC[N@+]12CCCCC1(OC(=O)O)C21c2ccccc2CCc2ccccc21. The van der Waals surface area contributed by atoms with Gasteiger partial charge >= 0.3 is 11.9 Å². The van der Waals surface area contributed by atoms with E-state index in [-0.39, 0.29) is 0 Å². The van der Waals surface area contributed by atoms with Crippen molar-refractivity contribution in [3.8, 4) is 0 Å². The van der Waals surface area contributed by atoms with E-state index in [0.29, 0.717) is 4.48 Å². The monoisotopic (exact) mass is 364 g/mol. The first-order valence-electron chi connectivity index (χ1n) is 10.1. The Morgan fingerprint density at radius 2 is 1.63 bits per heavy atom. The van der Waals surface area contributed by atoms with E-state index in [1.54, 1.807) is 0 Å². The summed E-state index contributed by atoms with van der Waals surface area (Å²) < 4.78 is 6.61. The molecule has 0 saturated carbocycles. The van der Waals surface area contributed by atoms with Crippen molar-refractivity contribution in [1.29, 1.82) is 0 Å². The number of quaternary nitrogens is 1. The average molecular weight is 364 g/mol. The molecule has 27 heavy (non-hydrogen) atoms. The Kier molecular flexibility index (Phi) is 3.48. The number of hydrogen-bond acceptors (Lipinski definition) is 2. The number of ether oxygens (including phenoxy) is 1. The second kappa shape index (κ2) is 5.59. The van der Waals surface area contributed by atoms with Crippen molar-refractivity contribution < 1.29 is 19.1 Å². The maximum atomic E-state index is 11.9. The maximum Gasteiger partial charge on any atom is 0.510 e. The van der Waals surface area contributed by atoms with E-state index in [2.05, 4.69) is 55.5 Å². The van der Waals surface area contributed by atoms with Crippen molar-refractivity contribution in [3.05, 3.63) is 70.8 Å². The van der Waals surface area contributed by atoms with Crippen molar-refractivity contribution >= 4 is 6.16 Å². The second-order valence-electron chi connectivity index (χ2n) is 8.14. The van der Waals surface area contributed by atoms with Crippen LogP contribution in [0.25, 0.3) is 0 Å². The van der Waals surface area contributed by atoms with Gasteiger partial charge in [-0.15, -0.1) is 0 Å². The third kappa shape index (κ3) is 1.80. The van der Waals surface area contributed by atoms with Gasteiger partial charge in [0, 0.05) is 17.5 Å². The first kappa shape index (κ1) is 16.8. The number of rotatable bonds is 2. The summed E-state index contributed by atoms with van der Waals surface area (Å²) in [4.78, 5) is 11.9. The van der Waals surface area contributed by atoms with Crippen LogP contribution in [0.15, 0.2) is 48.5 Å². The third-order valence-electron chi connectivity index (χ3n) is 7.43. The molecule has 2 fully saturated rings. The molecule has 1 N–H and O–H groups in total. The Morgan fingerprint density at radius 1 is 1.04 bits per heavy atom. The lowest BCUT2D eigenvalue weighted by atomic mass is 9.81. The summed E-state index contributed by atoms with van der Waals surface area (Å²) in [7, 11) is 0. The van der Waals surface area contributed by atoms with Crippen molar-refractivity contribution in [2.45, 2.75) is 50.3 Å². The molecule has 2 aliphatic heterocycles. The topological polar surface area (TPSA) is 46.5 Å². The molecule has 0 radical (unpaired) electrons. The number of benzene rings is 2. The summed E-state index contributed by atoms with van der Waals surface area (Å²) in [6.45, 7) is 4.03. The second-order valence-corrected chi connectivity index (χ2v) is 8.14. The van der Waals surface area contributed by atoms with E-state index in [1.165, 1.54) is 22.3 Å². The van der Waals surface area contributed by atoms with E-state index >= 15 is 0 Å². The highest BCUT2D eigenvalue weighted by molar-refractivity contribution is 5.61. The molecule has 2 saturated heterocycles. The van der Waals surface area contributed by atoms with E-state index in [4.69, 9.17) is 4.74 Å². The van der Waals surface area contributed by atoms with Gasteiger partial charge in [0.15, 0.2) is 0 Å². The predicted molar refractivity (Wildman–Crippen MR) is 102 cm³/mol. The minimum absolute atomic E-state index is 0.416. The first-order valence-corrected chi connectivity index (χ1v) is 10.1. The quantitative estimate of drug-likeness (QED) is 0.486. The number of likely N-dealkylation sites (N-methyl/N-ethyl adjacent to an activating group) is 1. The Labute approximate surface area is 160 Å². The van der Waals surface area contributed by atoms with Crippen LogP contribution in [0.4, 0.5) is 4.79 Å². The largest absolute Gasteiger partial charge is 0.510 e. The summed E-state index contributed by atoms with van der Waals surface area (Å²) in [6, 6.07) is 17.3. The van der Waals surface area contributed by atoms with Crippen LogP contribution < -0.4 is 0 Å². The fourth-order valence-electron chi connectivity index (χ4n) is 6.62. The lowest BCUT2D eigenvalue weighted by Crippen LogP contribution is -2.43. The Hall–Kier alpha value is -2.33. The number of hydrogen-bond donors (Lipinski definition) is 1. The molecule has 4 heteroatoms. The van der Waals surface area contributed by atoms with Gasteiger partial charge in [-0.1, -0.05) is 48.5 Å². The van der Waals surface area contributed by atoms with E-state index in [1.807, 2.05) is 0 Å². The number of carboxylic acid groups (broad SMARTS) is 1. The molecule has 0 amide bonds. The molecule has 2 atom stereocenters. The Bertz CT molecular complexity index is 876. The van der Waals surface area contributed by atoms with Gasteiger partial charge in [-0.2, -0.15) is 0 Å². The molecule has 2 aromatic rings. The summed E-state index contributed by atoms with van der Waals surface area (Å²) in [5.41, 5.74) is 4.10. The van der Waals surface area contributed by atoms with Crippen LogP contribution in [0, 0.1) is 0 Å². The third-order valence-corrected chi connectivity index (χ3v) is 7.43. The fourth-order valence-corrected chi connectivity index (χ4v) is 6.62. The highest BCUT2D eigenvalue weighted by atomic mass is 16.7. The van der Waals surface area contributed by atoms with Crippen molar-refractivity contribution in [2.75, 3.05) is 13.1 Å². The summed E-state index contributed by atoms with van der Waals surface area (Å²) in [6.07, 6.45) is 3.74. The zero-order valence-corrected chi connectivity index (χ0v) is 15.8. The Morgan fingerprint density at radius 3 is 2.19 bits per heavy atom. The van der Waals surface area contributed by atoms with Gasteiger partial charge < -0.3 is 9.84 Å². The van der Waals surface area contributed by atoms with E-state index in [0.717, 1.165) is 45.2 Å². The number of nitrogens with zero attached hydrogens (tertiary/aromatic N) is 1. The molecule has 0 aromatic heterocycles. The van der Waals surface area contributed by atoms with Crippen LogP contribution in [0.2, 0.25) is 0 Å². The van der Waals surface area contributed by atoms with Gasteiger partial charge in [-0.25, -0.2) is 4.79 Å². The molecular formula is C23H26NO3+. The lowest BCUT2D eigenvalue weighted by Gasteiger charge is -2.28. The molecule has 4 nitrogen and oxygen atoms in total. The number of piperidine rings is 1.